The van der Waals surface area contributed by atoms with E-state index in [2.05, 4.69) is 31.9 Å². The minimum absolute atomic E-state index is 1.26. The molecule has 0 atom stereocenters. The Morgan fingerprint density at radius 1 is 0.929 bits per heavy atom. The predicted octanol–water partition coefficient (Wildman–Crippen LogP) is 5.43. The molecule has 0 aromatic carbocycles. The molecule has 0 fully saturated rings. The minimum atomic E-state index is -5.68. The van der Waals surface area contributed by atoms with Gasteiger partial charge in [-0.25, -0.2) is 0 Å². The summed E-state index contributed by atoms with van der Waals surface area (Å²) < 4.78 is 57.1. The molecule has 0 nitrogen and oxygen atoms in total. The molecule has 86 valence electrons. The van der Waals surface area contributed by atoms with Crippen LogP contribution in [0.3, 0.4) is 0 Å². The molecule has 0 aliphatic rings. The number of hydrogen-bond acceptors (Lipinski definition) is 0. The van der Waals surface area contributed by atoms with Gasteiger partial charge in [0.15, 0.2) is 4.12 Å². The van der Waals surface area contributed by atoms with Crippen LogP contribution in [0.4, 0.5) is 22.0 Å². The van der Waals surface area contributed by atoms with Crippen molar-refractivity contribution < 1.29 is 22.0 Å². The van der Waals surface area contributed by atoms with Crippen molar-refractivity contribution in [2.75, 3.05) is 0 Å². The van der Waals surface area contributed by atoms with Gasteiger partial charge in [0.05, 0.1) is 0 Å². The van der Waals surface area contributed by atoms with Crippen molar-refractivity contribution in [1.82, 2.24) is 0 Å². The third-order valence-electron chi connectivity index (χ3n) is 1.11. The van der Waals surface area contributed by atoms with Gasteiger partial charge in [-0.3, -0.25) is 0 Å². The molecule has 0 unspecified atom stereocenters. The zero-order chi connectivity index (χ0) is 12.0. The lowest BCUT2D eigenvalue weighted by molar-refractivity contribution is -0.282. The van der Waals surface area contributed by atoms with Gasteiger partial charge >= 0.3 is 12.1 Å². The molecule has 0 aromatic heterocycles. The van der Waals surface area contributed by atoms with Crippen LogP contribution in [0.2, 0.25) is 0 Å². The van der Waals surface area contributed by atoms with E-state index in [1.165, 1.54) is 45.2 Å². The molecule has 0 saturated carbocycles. The maximum atomic E-state index is 12.9. The van der Waals surface area contributed by atoms with Crippen molar-refractivity contribution in [3.8, 4) is 0 Å². The lowest BCUT2D eigenvalue weighted by Gasteiger charge is -2.37. The summed E-state index contributed by atoms with van der Waals surface area (Å²) in [7, 11) is 0. The topological polar surface area (TPSA) is 0 Å². The van der Waals surface area contributed by atoms with Crippen LogP contribution in [0.25, 0.3) is 0 Å². The maximum Gasteiger partial charge on any atom is 0.455 e. The molecule has 0 N–H and O–H groups in total. The second-order valence-electron chi connectivity index (χ2n) is 2.14. The lowest BCUT2D eigenvalue weighted by atomic mass is 10.2. The van der Waals surface area contributed by atoms with Crippen molar-refractivity contribution in [3.05, 3.63) is 0 Å². The van der Waals surface area contributed by atoms with Gasteiger partial charge in [-0.1, -0.05) is 43.5 Å². The smallest absolute Gasteiger partial charge is 0.194 e. The first kappa shape index (κ1) is 16.4. The second-order valence-corrected chi connectivity index (χ2v) is 12.7. The van der Waals surface area contributed by atoms with Crippen LogP contribution in [0.5, 0.6) is 0 Å². The Morgan fingerprint density at radius 2 is 1.21 bits per heavy atom. The fourth-order valence-electron chi connectivity index (χ4n) is 0.356. The molecule has 0 aromatic rings. The van der Waals surface area contributed by atoms with Crippen LogP contribution >= 0.6 is 88.6 Å². The number of rotatable bonds is 2. The van der Waals surface area contributed by atoms with Crippen LogP contribution in [0.1, 0.15) is 0 Å². The van der Waals surface area contributed by atoms with Gasteiger partial charge in [-0.15, -0.1) is 0 Å². The number of alkyl halides is 10. The maximum absolute atomic E-state index is 12.9. The predicted molar refractivity (Wildman–Crippen MR) is 68.2 cm³/mol. The van der Waals surface area contributed by atoms with Crippen molar-refractivity contribution in [2.45, 2.75) is 16.2 Å². The van der Waals surface area contributed by atoms with E-state index in [-0.39, 0.29) is 0 Å². The molecule has 0 amide bonds. The quantitative estimate of drug-likeness (QED) is 0.228. The minimum Gasteiger partial charge on any atom is -0.194 e. The molecule has 10 heteroatoms. The van der Waals surface area contributed by atoms with E-state index in [4.69, 9.17) is 11.6 Å². The highest BCUT2D eigenvalue weighted by molar-refractivity contribution is 14.2. The Morgan fingerprint density at radius 3 is 1.29 bits per heavy atom. The standard InChI is InChI=1S/C4Br2ClF5I2/c5-1(6,3(7,13)14)2(8,9)4(10,11)12. The molecule has 0 spiro atoms. The summed E-state index contributed by atoms with van der Waals surface area (Å²) in [6, 6.07) is 0. The first-order chi connectivity index (χ1) is 5.75. The zero-order valence-electron chi connectivity index (χ0n) is 5.78. The summed E-state index contributed by atoms with van der Waals surface area (Å²) in [6.07, 6.45) is -5.68. The monoisotopic (exact) mass is 590 g/mol. The fourth-order valence-corrected chi connectivity index (χ4v) is 1.60. The normalized spacial score (nSPS) is 15.9. The molecule has 0 radical (unpaired) electrons. The SMILES string of the molecule is FC(F)(F)C(F)(F)C(Br)(Br)C(Cl)(I)I. The number of hydrogen-bond donors (Lipinski definition) is 0. The van der Waals surface area contributed by atoms with E-state index < -0.39 is 16.2 Å². The average molecular weight is 592 g/mol. The van der Waals surface area contributed by atoms with Gasteiger partial charge in [0.25, 0.3) is 0 Å². The van der Waals surface area contributed by atoms with E-state index in [9.17, 15) is 22.0 Å². The van der Waals surface area contributed by atoms with Crippen molar-refractivity contribution in [2.24, 2.45) is 0 Å². The first-order valence-electron chi connectivity index (χ1n) is 2.64. The summed E-state index contributed by atoms with van der Waals surface area (Å²) in [4.78, 5) is 0. The van der Waals surface area contributed by atoms with Gasteiger partial charge in [0.1, 0.15) is 0 Å². The van der Waals surface area contributed by atoms with Crippen molar-refractivity contribution in [1.29, 1.82) is 0 Å². The first-order valence-corrected chi connectivity index (χ1v) is 6.76. The molecule has 0 rings (SSSR count). The summed E-state index contributed by atoms with van der Waals surface area (Å²) >= 11 is 12.5. The lowest BCUT2D eigenvalue weighted by Crippen LogP contribution is -2.55. The van der Waals surface area contributed by atoms with Gasteiger partial charge in [0, 0.05) is 0 Å². The zero-order valence-corrected chi connectivity index (χ0v) is 14.0. The molecule has 0 aliphatic carbocycles. The van der Waals surface area contributed by atoms with E-state index >= 15 is 0 Å². The van der Waals surface area contributed by atoms with Crippen LogP contribution in [0.15, 0.2) is 0 Å². The Bertz CT molecular complexity index is 199. The molecular formula is C4Br2ClF5I2. The second kappa shape index (κ2) is 4.56. The van der Waals surface area contributed by atoms with E-state index in [1.807, 2.05) is 0 Å². The van der Waals surface area contributed by atoms with Crippen molar-refractivity contribution >= 4 is 88.6 Å². The van der Waals surface area contributed by atoms with Crippen molar-refractivity contribution in [3.63, 3.8) is 0 Å². The Kier molecular flexibility index (Phi) is 5.33. The third kappa shape index (κ3) is 2.97. The van der Waals surface area contributed by atoms with E-state index in [0.717, 1.165) is 0 Å². The Labute approximate surface area is 125 Å². The van der Waals surface area contributed by atoms with E-state index in [0.29, 0.717) is 0 Å². The summed E-state index contributed by atoms with van der Waals surface area (Å²) in [5.74, 6) is -5.00. The molecule has 14 heavy (non-hydrogen) atoms. The highest BCUT2D eigenvalue weighted by Gasteiger charge is 2.74. The Balaban J connectivity index is 5.30. The summed E-state index contributed by atoms with van der Waals surface area (Å²) in [5, 5.41) is 0. The highest BCUT2D eigenvalue weighted by Crippen LogP contribution is 2.62. The molecule has 0 heterocycles. The van der Waals surface area contributed by atoms with Crippen LogP contribution in [0, 0.1) is 0 Å². The fraction of sp³-hybridized carbons (Fsp3) is 1.00. The molecule has 0 aliphatic heterocycles. The summed E-state index contributed by atoms with van der Waals surface area (Å²) in [5.41, 5.74) is 0. The van der Waals surface area contributed by atoms with Gasteiger partial charge < -0.3 is 0 Å². The highest BCUT2D eigenvalue weighted by atomic mass is 127. The van der Waals surface area contributed by atoms with Gasteiger partial charge in [-0.05, 0) is 45.2 Å². The molecule has 0 saturated heterocycles. The van der Waals surface area contributed by atoms with Gasteiger partial charge in [0.2, 0.25) is 0 Å². The Hall–Kier alpha value is 2.36. The summed E-state index contributed by atoms with van der Waals surface area (Å²) in [6.45, 7) is 0. The molecule has 0 bridgehead atoms. The largest absolute Gasteiger partial charge is 0.455 e. The van der Waals surface area contributed by atoms with Crippen LogP contribution in [-0.2, 0) is 0 Å². The van der Waals surface area contributed by atoms with Gasteiger partial charge in [-0.2, -0.15) is 22.0 Å². The molecular weight excluding hydrogens is 592 g/mol. The number of halogens is 10. The third-order valence-corrected chi connectivity index (χ3v) is 8.61. The average Bonchev–Trinajstić information content (AvgIpc) is 1.81. The van der Waals surface area contributed by atoms with E-state index in [1.54, 1.807) is 0 Å². The van der Waals surface area contributed by atoms with Crippen LogP contribution in [-0.4, -0.2) is 16.2 Å². The van der Waals surface area contributed by atoms with Crippen LogP contribution < -0.4 is 0 Å².